The van der Waals surface area contributed by atoms with Crippen LogP contribution in [0.4, 0.5) is 0 Å². The minimum atomic E-state index is 0.0147. The van der Waals surface area contributed by atoms with E-state index in [2.05, 4.69) is 9.97 Å². The topological polar surface area (TPSA) is 46.0 Å². The zero-order valence-electron chi connectivity index (χ0n) is 6.28. The van der Waals surface area contributed by atoms with Crippen molar-refractivity contribution in [3.05, 3.63) is 24.3 Å². The van der Waals surface area contributed by atoms with E-state index in [0.717, 1.165) is 5.56 Å². The lowest BCUT2D eigenvalue weighted by Crippen LogP contribution is -1.84. The van der Waals surface area contributed by atoms with Crippen molar-refractivity contribution in [2.75, 3.05) is 0 Å². The molecule has 0 aliphatic heterocycles. The predicted molar refractivity (Wildman–Crippen MR) is 39.3 cm³/mol. The van der Waals surface area contributed by atoms with E-state index in [1.165, 1.54) is 6.33 Å². The molecular formula is C7H12N2O. The quantitative estimate of drug-likeness (QED) is 0.632. The summed E-state index contributed by atoms with van der Waals surface area (Å²) in [4.78, 5) is 7.37. The molecule has 56 valence electrons. The third-order valence-corrected chi connectivity index (χ3v) is 0.797. The van der Waals surface area contributed by atoms with Gasteiger partial charge in [-0.15, -0.1) is 0 Å². The van der Waals surface area contributed by atoms with Gasteiger partial charge < -0.3 is 5.11 Å². The fourth-order valence-corrected chi connectivity index (χ4v) is 0.412. The van der Waals surface area contributed by atoms with Gasteiger partial charge in [-0.25, -0.2) is 9.97 Å². The van der Waals surface area contributed by atoms with Gasteiger partial charge in [-0.1, -0.05) is 13.8 Å². The second-order valence-corrected chi connectivity index (χ2v) is 1.40. The van der Waals surface area contributed by atoms with Crippen LogP contribution >= 0.6 is 0 Å². The van der Waals surface area contributed by atoms with Crippen molar-refractivity contribution < 1.29 is 5.11 Å². The number of nitrogens with zero attached hydrogens (tertiary/aromatic N) is 2. The Hall–Kier alpha value is -0.960. The zero-order chi connectivity index (χ0) is 7.82. The molecule has 0 aliphatic carbocycles. The van der Waals surface area contributed by atoms with Gasteiger partial charge in [0.15, 0.2) is 0 Å². The van der Waals surface area contributed by atoms with Crippen LogP contribution in [-0.4, -0.2) is 15.1 Å². The van der Waals surface area contributed by atoms with Gasteiger partial charge in [0.1, 0.15) is 6.33 Å². The van der Waals surface area contributed by atoms with Crippen LogP contribution in [0.5, 0.6) is 0 Å². The van der Waals surface area contributed by atoms with E-state index in [9.17, 15) is 0 Å². The van der Waals surface area contributed by atoms with Crippen LogP contribution in [0.1, 0.15) is 19.4 Å². The summed E-state index contributed by atoms with van der Waals surface area (Å²) in [5.74, 6) is 0. The summed E-state index contributed by atoms with van der Waals surface area (Å²) in [6.45, 7) is 4.01. The highest BCUT2D eigenvalue weighted by molar-refractivity contribution is 4.99. The molecule has 0 bridgehead atoms. The van der Waals surface area contributed by atoms with Crippen molar-refractivity contribution in [3.63, 3.8) is 0 Å². The largest absolute Gasteiger partial charge is 0.392 e. The van der Waals surface area contributed by atoms with E-state index in [1.807, 2.05) is 13.8 Å². The molecule has 0 amide bonds. The van der Waals surface area contributed by atoms with E-state index >= 15 is 0 Å². The van der Waals surface area contributed by atoms with Crippen LogP contribution in [-0.2, 0) is 6.61 Å². The molecule has 0 saturated carbocycles. The first kappa shape index (κ1) is 9.04. The molecule has 0 fully saturated rings. The molecule has 1 N–H and O–H groups in total. The molecule has 3 heteroatoms. The highest BCUT2D eigenvalue weighted by Crippen LogP contribution is 1.88. The number of hydrogen-bond donors (Lipinski definition) is 1. The first-order valence-corrected chi connectivity index (χ1v) is 3.28. The van der Waals surface area contributed by atoms with Gasteiger partial charge in [-0.05, 0) is 0 Å². The highest BCUT2D eigenvalue weighted by atomic mass is 16.3. The lowest BCUT2D eigenvalue weighted by molar-refractivity contribution is 0.281. The standard InChI is InChI=1S/C5H6N2O.C2H6/c8-3-5-1-6-4-7-2-5;1-2/h1-2,4,8H,3H2;1-2H3. The van der Waals surface area contributed by atoms with Crippen molar-refractivity contribution >= 4 is 0 Å². The van der Waals surface area contributed by atoms with Crippen molar-refractivity contribution in [2.24, 2.45) is 0 Å². The summed E-state index contributed by atoms with van der Waals surface area (Å²) in [6.07, 6.45) is 4.58. The van der Waals surface area contributed by atoms with Crippen LogP contribution in [0.25, 0.3) is 0 Å². The molecular weight excluding hydrogens is 128 g/mol. The van der Waals surface area contributed by atoms with Crippen LogP contribution in [0, 0.1) is 0 Å². The fraction of sp³-hybridized carbons (Fsp3) is 0.429. The van der Waals surface area contributed by atoms with Crippen LogP contribution in [0.2, 0.25) is 0 Å². The maximum atomic E-state index is 8.46. The minimum Gasteiger partial charge on any atom is -0.392 e. The summed E-state index contributed by atoms with van der Waals surface area (Å²) < 4.78 is 0. The molecule has 0 atom stereocenters. The predicted octanol–water partition coefficient (Wildman–Crippen LogP) is 0.995. The van der Waals surface area contributed by atoms with Crippen molar-refractivity contribution in [1.82, 2.24) is 9.97 Å². The van der Waals surface area contributed by atoms with E-state index in [4.69, 9.17) is 5.11 Å². The summed E-state index contributed by atoms with van der Waals surface area (Å²) >= 11 is 0. The number of rotatable bonds is 1. The van der Waals surface area contributed by atoms with Gasteiger partial charge in [0, 0.05) is 18.0 Å². The SMILES string of the molecule is CC.OCc1cncnc1. The fourth-order valence-electron chi connectivity index (χ4n) is 0.412. The Bertz CT molecular complexity index is 153. The maximum Gasteiger partial charge on any atom is 0.115 e. The molecule has 1 aromatic heterocycles. The monoisotopic (exact) mass is 140 g/mol. The maximum absolute atomic E-state index is 8.46. The van der Waals surface area contributed by atoms with E-state index < -0.39 is 0 Å². The molecule has 0 saturated heterocycles. The number of hydrogen-bond acceptors (Lipinski definition) is 3. The Kier molecular flexibility index (Phi) is 5.57. The Morgan fingerprint density at radius 2 is 1.80 bits per heavy atom. The molecule has 0 radical (unpaired) electrons. The third-order valence-electron chi connectivity index (χ3n) is 0.797. The van der Waals surface area contributed by atoms with E-state index in [0.29, 0.717) is 0 Å². The van der Waals surface area contributed by atoms with Gasteiger partial charge in [0.25, 0.3) is 0 Å². The Morgan fingerprint density at radius 1 is 1.30 bits per heavy atom. The second-order valence-electron chi connectivity index (χ2n) is 1.40. The Morgan fingerprint density at radius 3 is 2.10 bits per heavy atom. The van der Waals surface area contributed by atoms with Crippen LogP contribution in [0.3, 0.4) is 0 Å². The van der Waals surface area contributed by atoms with Crippen molar-refractivity contribution in [2.45, 2.75) is 20.5 Å². The first-order valence-electron chi connectivity index (χ1n) is 3.28. The third kappa shape index (κ3) is 3.14. The van der Waals surface area contributed by atoms with Crippen LogP contribution < -0.4 is 0 Å². The lowest BCUT2D eigenvalue weighted by atomic mass is 10.4. The number of aliphatic hydroxyl groups is 1. The highest BCUT2D eigenvalue weighted by Gasteiger charge is 1.83. The zero-order valence-corrected chi connectivity index (χ0v) is 6.28. The minimum absolute atomic E-state index is 0.0147. The molecule has 0 unspecified atom stereocenters. The molecule has 0 aromatic carbocycles. The van der Waals surface area contributed by atoms with Gasteiger partial charge in [-0.3, -0.25) is 0 Å². The van der Waals surface area contributed by atoms with Crippen molar-refractivity contribution in [1.29, 1.82) is 0 Å². The molecule has 10 heavy (non-hydrogen) atoms. The molecule has 1 aromatic rings. The second kappa shape index (κ2) is 6.16. The van der Waals surface area contributed by atoms with Gasteiger partial charge in [0.2, 0.25) is 0 Å². The molecule has 1 heterocycles. The lowest BCUT2D eigenvalue weighted by Gasteiger charge is -1.87. The van der Waals surface area contributed by atoms with E-state index in [1.54, 1.807) is 12.4 Å². The van der Waals surface area contributed by atoms with Gasteiger partial charge in [-0.2, -0.15) is 0 Å². The average molecular weight is 140 g/mol. The van der Waals surface area contributed by atoms with Gasteiger partial charge in [0.05, 0.1) is 6.61 Å². The average Bonchev–Trinajstić information content (AvgIpc) is 2.10. The Labute approximate surface area is 60.8 Å². The first-order chi connectivity index (χ1) is 4.93. The Balaban J connectivity index is 0.000000371. The number of aromatic nitrogens is 2. The molecule has 1 rings (SSSR count). The summed E-state index contributed by atoms with van der Waals surface area (Å²) in [7, 11) is 0. The molecule has 3 nitrogen and oxygen atoms in total. The smallest absolute Gasteiger partial charge is 0.115 e. The summed E-state index contributed by atoms with van der Waals surface area (Å²) in [6, 6.07) is 0. The molecule has 0 aliphatic rings. The summed E-state index contributed by atoms with van der Waals surface area (Å²) in [5, 5.41) is 8.46. The normalized spacial score (nSPS) is 7.90. The number of aliphatic hydroxyl groups excluding tert-OH is 1. The van der Waals surface area contributed by atoms with E-state index in [-0.39, 0.29) is 6.61 Å². The van der Waals surface area contributed by atoms with Crippen molar-refractivity contribution in [3.8, 4) is 0 Å². The van der Waals surface area contributed by atoms with Crippen LogP contribution in [0.15, 0.2) is 18.7 Å². The van der Waals surface area contributed by atoms with Gasteiger partial charge >= 0.3 is 0 Å². The molecule has 0 spiro atoms. The summed E-state index contributed by atoms with van der Waals surface area (Å²) in [5.41, 5.74) is 0.743.